The molecule has 0 aliphatic heterocycles. The molecule has 4 saturated carbocycles. The van der Waals surface area contributed by atoms with Crippen molar-refractivity contribution in [1.29, 1.82) is 0 Å². The molecule has 0 aromatic carbocycles. The van der Waals surface area contributed by atoms with Crippen LogP contribution in [0.5, 0.6) is 0 Å². The third-order valence-electron chi connectivity index (χ3n) is 12.8. The average Bonchev–Trinajstić information content (AvgIpc) is 3.22. The van der Waals surface area contributed by atoms with E-state index in [1.165, 1.54) is 64.2 Å². The quantitative estimate of drug-likeness (QED) is 0.295. The predicted molar refractivity (Wildman–Crippen MR) is 169 cm³/mol. The molecule has 0 unspecified atom stereocenters. The number of ether oxygens (including phenoxy) is 1. The van der Waals surface area contributed by atoms with E-state index in [4.69, 9.17) is 4.74 Å². The number of fused-ring (bicyclic) bond motifs is 5. The molecule has 4 aliphatic carbocycles. The summed E-state index contributed by atoms with van der Waals surface area (Å²) in [5, 5.41) is 10.3. The molecule has 2 nitrogen and oxygen atoms in total. The summed E-state index contributed by atoms with van der Waals surface area (Å²) >= 11 is 0. The van der Waals surface area contributed by atoms with Crippen LogP contribution in [-0.2, 0) is 4.74 Å². The first-order chi connectivity index (χ1) is 18.3. The van der Waals surface area contributed by atoms with Crippen molar-refractivity contribution in [2.75, 3.05) is 13.2 Å². The van der Waals surface area contributed by atoms with Crippen molar-refractivity contribution in [3.63, 3.8) is 0 Å². The molecular weight excluding hydrogens is 476 g/mol. The van der Waals surface area contributed by atoms with Gasteiger partial charge in [0, 0.05) is 13.2 Å². The van der Waals surface area contributed by atoms with Crippen molar-refractivity contribution in [3.05, 3.63) is 0 Å². The maximum absolute atomic E-state index is 10.3. The van der Waals surface area contributed by atoms with Crippen LogP contribution in [-0.4, -0.2) is 24.4 Å². The minimum Gasteiger partial charge on any atom is -0.393 e. The van der Waals surface area contributed by atoms with Gasteiger partial charge in [-0.1, -0.05) is 82.1 Å². The highest BCUT2D eigenvalue weighted by Gasteiger charge is 2.60. The van der Waals surface area contributed by atoms with Crippen LogP contribution < -0.4 is 0 Å². The van der Waals surface area contributed by atoms with E-state index in [0.717, 1.165) is 73.4 Å². The molecule has 0 spiro atoms. The largest absolute Gasteiger partial charge is 0.393 e. The maximum Gasteiger partial charge on any atom is 0.0543 e. The first kappa shape index (κ1) is 33.4. The van der Waals surface area contributed by atoms with Crippen molar-refractivity contribution in [3.8, 4) is 0 Å². The van der Waals surface area contributed by atoms with Crippen LogP contribution in [0.4, 0.5) is 0 Å². The van der Waals surface area contributed by atoms with Crippen LogP contribution in [0.25, 0.3) is 0 Å². The van der Waals surface area contributed by atoms with E-state index in [1.807, 2.05) is 0 Å². The van der Waals surface area contributed by atoms with Crippen LogP contribution in [0.2, 0.25) is 0 Å². The molecule has 0 heterocycles. The smallest absolute Gasteiger partial charge is 0.0543 e. The van der Waals surface area contributed by atoms with Crippen LogP contribution in [0.3, 0.4) is 0 Å². The lowest BCUT2D eigenvalue weighted by atomic mass is 9.44. The minimum absolute atomic E-state index is 0.0111. The van der Waals surface area contributed by atoms with E-state index in [1.54, 1.807) is 0 Å². The average molecular weight is 547 g/mol. The van der Waals surface area contributed by atoms with Gasteiger partial charge in [0.05, 0.1) is 6.10 Å². The summed E-state index contributed by atoms with van der Waals surface area (Å²) in [6.07, 6.45) is 16.5. The Morgan fingerprint density at radius 3 is 1.95 bits per heavy atom. The third kappa shape index (κ3) is 7.86. The van der Waals surface area contributed by atoms with Crippen molar-refractivity contribution in [2.45, 2.75) is 152 Å². The lowest BCUT2D eigenvalue weighted by molar-refractivity contribution is -0.129. The lowest BCUT2D eigenvalue weighted by Gasteiger charge is -2.61. The highest BCUT2D eigenvalue weighted by Crippen LogP contribution is 2.68. The molecule has 4 aliphatic rings. The van der Waals surface area contributed by atoms with Gasteiger partial charge in [0.25, 0.3) is 0 Å². The van der Waals surface area contributed by atoms with E-state index in [-0.39, 0.29) is 6.10 Å². The maximum atomic E-state index is 10.3. The predicted octanol–water partition coefficient (Wildman–Crippen LogP) is 10.4. The van der Waals surface area contributed by atoms with E-state index < -0.39 is 0 Å². The third-order valence-corrected chi connectivity index (χ3v) is 12.8. The topological polar surface area (TPSA) is 29.5 Å². The monoisotopic (exact) mass is 547 g/mol. The summed E-state index contributed by atoms with van der Waals surface area (Å²) < 4.78 is 5.36. The Morgan fingerprint density at radius 1 is 0.744 bits per heavy atom. The molecule has 0 radical (unpaired) electrons. The number of aliphatic hydroxyl groups is 1. The second-order valence-electron chi connectivity index (χ2n) is 16.6. The van der Waals surface area contributed by atoms with Gasteiger partial charge in [-0.2, -0.15) is 0 Å². The number of hydrogen-bond acceptors (Lipinski definition) is 2. The molecule has 0 saturated heterocycles. The Morgan fingerprint density at radius 2 is 1.36 bits per heavy atom. The first-order valence-corrected chi connectivity index (χ1v) is 17.6. The van der Waals surface area contributed by atoms with E-state index in [0.29, 0.717) is 22.7 Å². The Labute approximate surface area is 245 Å². The fourth-order valence-corrected chi connectivity index (χ4v) is 10.4. The van der Waals surface area contributed by atoms with E-state index in [9.17, 15) is 5.11 Å². The molecule has 4 fully saturated rings. The standard InChI is InChI=1S/C29H52O.C8H18O/c1-7-21(19(2)3)9-8-20(4)25-12-13-26-24-11-10-22-18-23(30)14-16-28(22,5)27(24)15-17-29(25,26)6;1-7(2)5-9-6-8(3)4/h19-27,30H,7-18H2,1-6H3;7-8H,5-6H2,1-4H3/t20-,21-,22+,23+,24+,25-,26+,27+,28+,29-;/m1./s1. The van der Waals surface area contributed by atoms with Crippen LogP contribution in [0, 0.1) is 70.0 Å². The van der Waals surface area contributed by atoms with Gasteiger partial charge in [-0.05, 0) is 134 Å². The molecule has 2 heteroatoms. The Hall–Kier alpha value is -0.0800. The summed E-state index contributed by atoms with van der Waals surface area (Å²) in [6, 6.07) is 0. The van der Waals surface area contributed by atoms with Crippen molar-refractivity contribution in [2.24, 2.45) is 70.0 Å². The molecule has 0 bridgehead atoms. The molecule has 230 valence electrons. The Kier molecular flexibility index (Phi) is 12.3. The van der Waals surface area contributed by atoms with Gasteiger partial charge in [0.2, 0.25) is 0 Å². The van der Waals surface area contributed by atoms with Crippen LogP contribution in [0.15, 0.2) is 0 Å². The van der Waals surface area contributed by atoms with Gasteiger partial charge >= 0.3 is 0 Å². The van der Waals surface area contributed by atoms with Crippen molar-refractivity contribution >= 4 is 0 Å². The summed E-state index contributed by atoms with van der Waals surface area (Å²) in [7, 11) is 0. The molecule has 4 rings (SSSR count). The van der Waals surface area contributed by atoms with Crippen LogP contribution >= 0.6 is 0 Å². The van der Waals surface area contributed by atoms with E-state index >= 15 is 0 Å². The zero-order valence-electron chi connectivity index (χ0n) is 28.1. The number of aliphatic hydroxyl groups excluding tert-OH is 1. The van der Waals surface area contributed by atoms with Crippen molar-refractivity contribution < 1.29 is 9.84 Å². The number of rotatable bonds is 10. The van der Waals surface area contributed by atoms with Gasteiger partial charge in [-0.15, -0.1) is 0 Å². The molecule has 39 heavy (non-hydrogen) atoms. The van der Waals surface area contributed by atoms with Gasteiger partial charge in [-0.3, -0.25) is 0 Å². The normalized spacial score (nSPS) is 39.5. The fourth-order valence-electron chi connectivity index (χ4n) is 10.4. The first-order valence-electron chi connectivity index (χ1n) is 17.6. The minimum atomic E-state index is -0.0111. The Balaban J connectivity index is 0.000000403. The highest BCUT2D eigenvalue weighted by molar-refractivity contribution is 5.09. The summed E-state index contributed by atoms with van der Waals surface area (Å²) in [5.74, 6) is 8.68. The lowest BCUT2D eigenvalue weighted by Crippen LogP contribution is -2.54. The second-order valence-corrected chi connectivity index (χ2v) is 16.6. The van der Waals surface area contributed by atoms with Crippen molar-refractivity contribution in [1.82, 2.24) is 0 Å². The summed E-state index contributed by atoms with van der Waals surface area (Å²) in [4.78, 5) is 0. The molecule has 10 atom stereocenters. The van der Waals surface area contributed by atoms with Gasteiger partial charge in [0.15, 0.2) is 0 Å². The Bertz CT molecular complexity index is 706. The van der Waals surface area contributed by atoms with Gasteiger partial charge in [0.1, 0.15) is 0 Å². The zero-order chi connectivity index (χ0) is 29.0. The summed E-state index contributed by atoms with van der Waals surface area (Å²) in [5.41, 5.74) is 1.14. The molecule has 0 aromatic rings. The highest BCUT2D eigenvalue weighted by atomic mass is 16.5. The van der Waals surface area contributed by atoms with Gasteiger partial charge in [-0.25, -0.2) is 0 Å². The molecule has 0 amide bonds. The van der Waals surface area contributed by atoms with E-state index in [2.05, 4.69) is 69.2 Å². The van der Waals surface area contributed by atoms with Crippen LogP contribution in [0.1, 0.15) is 146 Å². The summed E-state index contributed by atoms with van der Waals surface area (Å²) in [6.45, 7) is 25.7. The molecule has 0 aromatic heterocycles. The van der Waals surface area contributed by atoms with Gasteiger partial charge < -0.3 is 9.84 Å². The fraction of sp³-hybridized carbons (Fsp3) is 1.00. The number of hydrogen-bond donors (Lipinski definition) is 1. The molecular formula is C37H70O2. The molecule has 1 N–H and O–H groups in total. The SMILES string of the molecule is CC(C)COCC(C)C.CC[C@H](CC[C@@H](C)[C@H]1CC[C@H]2[C@@H]3CC[C@H]4C[C@@H](O)CC[C@]4(C)[C@H]3CC[C@]12C)C(C)C. The zero-order valence-corrected chi connectivity index (χ0v) is 28.1. The second kappa shape index (κ2) is 14.4.